The summed E-state index contributed by atoms with van der Waals surface area (Å²) in [6.07, 6.45) is 0.910. The Kier molecular flexibility index (Phi) is 2.52. The van der Waals surface area contributed by atoms with Crippen LogP contribution in [0.15, 0.2) is 24.3 Å². The Balaban J connectivity index is 2.06. The van der Waals surface area contributed by atoms with Gasteiger partial charge in [-0.15, -0.1) is 5.10 Å². The average molecular weight is 245 g/mol. The maximum Gasteiger partial charge on any atom is 0.182 e. The van der Waals surface area contributed by atoms with Gasteiger partial charge in [0.05, 0.1) is 12.1 Å². The van der Waals surface area contributed by atoms with E-state index in [1.165, 1.54) is 0 Å². The van der Waals surface area contributed by atoms with Crippen LogP contribution in [0, 0.1) is 0 Å². The van der Waals surface area contributed by atoms with Gasteiger partial charge in [-0.2, -0.15) is 0 Å². The van der Waals surface area contributed by atoms with Gasteiger partial charge in [0.25, 0.3) is 0 Å². The van der Waals surface area contributed by atoms with E-state index in [9.17, 15) is 0 Å². The van der Waals surface area contributed by atoms with Crippen LogP contribution in [0.5, 0.6) is 0 Å². The lowest BCUT2D eigenvalue weighted by molar-refractivity contribution is 0.155. The van der Waals surface area contributed by atoms with Crippen molar-refractivity contribution in [3.05, 3.63) is 24.3 Å². The van der Waals surface area contributed by atoms with Crippen LogP contribution in [-0.4, -0.2) is 33.4 Å². The van der Waals surface area contributed by atoms with Crippen LogP contribution in [0.3, 0.4) is 0 Å². The number of benzene rings is 1. The number of aromatic nitrogens is 4. The molecule has 0 spiro atoms. The summed E-state index contributed by atoms with van der Waals surface area (Å²) in [5.41, 5.74) is 7.25. The number of ether oxygens (including phenoxy) is 1. The van der Waals surface area contributed by atoms with Gasteiger partial charge in [0, 0.05) is 17.9 Å². The molecule has 2 aromatic rings. The number of hydrogen-bond acceptors (Lipinski definition) is 5. The van der Waals surface area contributed by atoms with Crippen LogP contribution in [0.1, 0.15) is 13.3 Å². The molecule has 94 valence electrons. The van der Waals surface area contributed by atoms with Gasteiger partial charge in [-0.1, -0.05) is 12.1 Å². The zero-order chi connectivity index (χ0) is 12.6. The molecule has 1 aliphatic heterocycles. The summed E-state index contributed by atoms with van der Waals surface area (Å²) in [7, 11) is 0. The first-order chi connectivity index (χ1) is 8.69. The predicted octanol–water partition coefficient (Wildman–Crippen LogP) is 1.06. The van der Waals surface area contributed by atoms with Crippen LogP contribution < -0.4 is 5.73 Å². The quantitative estimate of drug-likeness (QED) is 0.800. The van der Waals surface area contributed by atoms with Gasteiger partial charge in [-0.3, -0.25) is 0 Å². The molecule has 0 bridgehead atoms. The van der Waals surface area contributed by atoms with Crippen LogP contribution in [0.25, 0.3) is 11.4 Å². The van der Waals surface area contributed by atoms with Crippen molar-refractivity contribution >= 4 is 5.69 Å². The SMILES string of the molecule is CC1(n2nnnc2-c2cccc(N)c2)CCOC1. The Labute approximate surface area is 105 Å². The minimum absolute atomic E-state index is 0.177. The highest BCUT2D eigenvalue weighted by molar-refractivity contribution is 5.60. The summed E-state index contributed by atoms with van der Waals surface area (Å²) < 4.78 is 7.30. The summed E-state index contributed by atoms with van der Waals surface area (Å²) in [5.74, 6) is 0.732. The molecule has 18 heavy (non-hydrogen) atoms. The van der Waals surface area contributed by atoms with Crippen molar-refractivity contribution < 1.29 is 4.74 Å². The average Bonchev–Trinajstić information content (AvgIpc) is 2.98. The lowest BCUT2D eigenvalue weighted by Gasteiger charge is -2.22. The molecule has 1 unspecified atom stereocenters. The Hall–Kier alpha value is -1.95. The summed E-state index contributed by atoms with van der Waals surface area (Å²) in [6, 6.07) is 7.58. The second kappa shape index (κ2) is 4.06. The monoisotopic (exact) mass is 245 g/mol. The molecule has 1 aromatic carbocycles. The van der Waals surface area contributed by atoms with E-state index in [2.05, 4.69) is 22.4 Å². The van der Waals surface area contributed by atoms with Crippen molar-refractivity contribution in [2.24, 2.45) is 0 Å². The van der Waals surface area contributed by atoms with E-state index in [1.54, 1.807) is 0 Å². The Morgan fingerprint density at radius 1 is 1.44 bits per heavy atom. The van der Waals surface area contributed by atoms with Gasteiger partial charge in [-0.05, 0) is 35.9 Å². The lowest BCUT2D eigenvalue weighted by Crippen LogP contribution is -2.32. The Bertz CT molecular complexity index is 559. The third kappa shape index (κ3) is 1.74. The van der Waals surface area contributed by atoms with E-state index >= 15 is 0 Å². The molecule has 1 aromatic heterocycles. The van der Waals surface area contributed by atoms with Crippen molar-refractivity contribution in [3.8, 4) is 11.4 Å². The molecule has 1 saturated heterocycles. The molecule has 0 aliphatic carbocycles. The predicted molar refractivity (Wildman–Crippen MR) is 66.7 cm³/mol. The molecule has 0 amide bonds. The molecule has 6 nitrogen and oxygen atoms in total. The number of rotatable bonds is 2. The van der Waals surface area contributed by atoms with Crippen molar-refractivity contribution in [1.82, 2.24) is 20.2 Å². The molecule has 6 heteroatoms. The number of nitrogen functional groups attached to an aromatic ring is 1. The summed E-state index contributed by atoms with van der Waals surface area (Å²) in [5, 5.41) is 12.0. The highest BCUT2D eigenvalue weighted by Crippen LogP contribution is 2.30. The molecule has 1 atom stereocenters. The standard InChI is InChI=1S/C12H15N5O/c1-12(5-6-18-8-12)17-11(14-15-16-17)9-3-2-4-10(13)7-9/h2-4,7H,5-6,8,13H2,1H3. The normalized spacial score (nSPS) is 23.4. The highest BCUT2D eigenvalue weighted by Gasteiger charge is 2.35. The number of hydrogen-bond donors (Lipinski definition) is 1. The lowest BCUT2D eigenvalue weighted by atomic mass is 10.0. The fourth-order valence-corrected chi connectivity index (χ4v) is 2.23. The van der Waals surface area contributed by atoms with E-state index in [0.29, 0.717) is 12.3 Å². The first kappa shape index (κ1) is 11.2. The van der Waals surface area contributed by atoms with Gasteiger partial charge in [0.1, 0.15) is 0 Å². The molecule has 0 radical (unpaired) electrons. The third-order valence-electron chi connectivity index (χ3n) is 3.32. The summed E-state index contributed by atoms with van der Waals surface area (Å²) >= 11 is 0. The molecule has 2 N–H and O–H groups in total. The zero-order valence-corrected chi connectivity index (χ0v) is 10.2. The van der Waals surface area contributed by atoms with Crippen molar-refractivity contribution in [2.45, 2.75) is 18.9 Å². The van der Waals surface area contributed by atoms with Crippen molar-refractivity contribution in [3.63, 3.8) is 0 Å². The fourth-order valence-electron chi connectivity index (χ4n) is 2.23. The number of tetrazole rings is 1. The van der Waals surface area contributed by atoms with Crippen LogP contribution in [0.4, 0.5) is 5.69 Å². The summed E-state index contributed by atoms with van der Waals surface area (Å²) in [6.45, 7) is 3.48. The minimum Gasteiger partial charge on any atom is -0.399 e. The van der Waals surface area contributed by atoms with Crippen molar-refractivity contribution in [2.75, 3.05) is 18.9 Å². The molecule has 3 rings (SSSR count). The van der Waals surface area contributed by atoms with E-state index < -0.39 is 0 Å². The van der Waals surface area contributed by atoms with Gasteiger partial charge in [-0.25, -0.2) is 4.68 Å². The van der Waals surface area contributed by atoms with E-state index in [1.807, 2.05) is 28.9 Å². The first-order valence-electron chi connectivity index (χ1n) is 5.92. The zero-order valence-electron chi connectivity index (χ0n) is 10.2. The number of anilines is 1. The van der Waals surface area contributed by atoms with Gasteiger partial charge < -0.3 is 10.5 Å². The van der Waals surface area contributed by atoms with E-state index in [4.69, 9.17) is 10.5 Å². The summed E-state index contributed by atoms with van der Waals surface area (Å²) in [4.78, 5) is 0. The molecule has 2 heterocycles. The van der Waals surface area contributed by atoms with Crippen LogP contribution >= 0.6 is 0 Å². The molecule has 0 saturated carbocycles. The molecule has 1 aliphatic rings. The topological polar surface area (TPSA) is 78.9 Å². The molecular formula is C12H15N5O. The van der Waals surface area contributed by atoms with Crippen LogP contribution in [-0.2, 0) is 10.3 Å². The highest BCUT2D eigenvalue weighted by atomic mass is 16.5. The minimum atomic E-state index is -0.177. The smallest absolute Gasteiger partial charge is 0.182 e. The van der Waals surface area contributed by atoms with Gasteiger partial charge >= 0.3 is 0 Å². The maximum atomic E-state index is 5.80. The fraction of sp³-hybridized carbons (Fsp3) is 0.417. The largest absolute Gasteiger partial charge is 0.399 e. The second-order valence-electron chi connectivity index (χ2n) is 4.84. The van der Waals surface area contributed by atoms with Gasteiger partial charge in [0.15, 0.2) is 5.82 Å². The Morgan fingerprint density at radius 3 is 3.06 bits per heavy atom. The molecule has 1 fully saturated rings. The Morgan fingerprint density at radius 2 is 2.33 bits per heavy atom. The van der Waals surface area contributed by atoms with E-state index in [0.717, 1.165) is 24.4 Å². The molecular weight excluding hydrogens is 230 g/mol. The van der Waals surface area contributed by atoms with Crippen LogP contribution in [0.2, 0.25) is 0 Å². The third-order valence-corrected chi connectivity index (χ3v) is 3.32. The first-order valence-corrected chi connectivity index (χ1v) is 5.92. The number of nitrogens with zero attached hydrogens (tertiary/aromatic N) is 4. The maximum absolute atomic E-state index is 5.80. The second-order valence-corrected chi connectivity index (χ2v) is 4.84. The van der Waals surface area contributed by atoms with E-state index in [-0.39, 0.29) is 5.54 Å². The van der Waals surface area contributed by atoms with Gasteiger partial charge in [0.2, 0.25) is 0 Å². The number of nitrogens with two attached hydrogens (primary N) is 1. The van der Waals surface area contributed by atoms with Crippen molar-refractivity contribution in [1.29, 1.82) is 0 Å².